The van der Waals surface area contributed by atoms with Gasteiger partial charge in [0.1, 0.15) is 18.1 Å². The molecule has 1 aromatic carbocycles. The first-order valence-corrected chi connectivity index (χ1v) is 10.5. The number of hydrogen-bond acceptors (Lipinski definition) is 6. The number of aliphatic imine (C=N–C) groups is 1. The van der Waals surface area contributed by atoms with Gasteiger partial charge in [-0.25, -0.2) is 9.98 Å². The molecule has 3 rings (SSSR count). The van der Waals surface area contributed by atoms with Crippen molar-refractivity contribution in [3.8, 4) is 0 Å². The van der Waals surface area contributed by atoms with Crippen LogP contribution in [-0.2, 0) is 20.1 Å². The highest BCUT2D eigenvalue weighted by Gasteiger charge is 2.09. The van der Waals surface area contributed by atoms with Crippen LogP contribution < -0.4 is 15.5 Å². The summed E-state index contributed by atoms with van der Waals surface area (Å²) in [6.07, 6.45) is 0.965. The standard InChI is InChI=1S/C22H32N8O/c1-16-17(2)31-21(26-16)15-25-22(24-14-20-28-27-18(3)30(20)5)23-12-9-13-29(4)19-10-7-6-8-11-19/h6-8,10-11H,9,12-15H2,1-5H3,(H2,23,24,25). The minimum Gasteiger partial charge on any atom is -0.444 e. The number of hydrogen-bond donors (Lipinski definition) is 2. The van der Waals surface area contributed by atoms with Crippen molar-refractivity contribution in [3.63, 3.8) is 0 Å². The van der Waals surface area contributed by atoms with Crippen LogP contribution in [0.2, 0.25) is 0 Å². The first kappa shape index (κ1) is 22.3. The largest absolute Gasteiger partial charge is 0.444 e. The highest BCUT2D eigenvalue weighted by molar-refractivity contribution is 5.79. The molecule has 2 N–H and O–H groups in total. The molecule has 0 amide bonds. The molecule has 0 aliphatic carbocycles. The second-order valence-corrected chi connectivity index (χ2v) is 7.53. The van der Waals surface area contributed by atoms with Gasteiger partial charge in [-0.2, -0.15) is 0 Å². The van der Waals surface area contributed by atoms with Gasteiger partial charge in [-0.15, -0.1) is 10.2 Å². The Kier molecular flexibility index (Phi) is 7.64. The fourth-order valence-corrected chi connectivity index (χ4v) is 3.02. The molecule has 2 aromatic heterocycles. The molecule has 0 aliphatic rings. The lowest BCUT2D eigenvalue weighted by Crippen LogP contribution is -2.38. The van der Waals surface area contributed by atoms with Crippen LogP contribution in [0, 0.1) is 20.8 Å². The highest BCUT2D eigenvalue weighted by Crippen LogP contribution is 2.11. The van der Waals surface area contributed by atoms with Gasteiger partial charge in [0, 0.05) is 32.9 Å². The smallest absolute Gasteiger partial charge is 0.214 e. The van der Waals surface area contributed by atoms with Crippen molar-refractivity contribution in [2.75, 3.05) is 25.0 Å². The van der Waals surface area contributed by atoms with Gasteiger partial charge in [-0.3, -0.25) is 0 Å². The zero-order chi connectivity index (χ0) is 22.2. The van der Waals surface area contributed by atoms with Crippen molar-refractivity contribution in [2.24, 2.45) is 12.0 Å². The minimum atomic E-state index is 0.431. The SMILES string of the molecule is Cc1nc(CNC(=NCc2nnc(C)n2C)NCCCN(C)c2ccccc2)oc1C. The predicted octanol–water partition coefficient (Wildman–Crippen LogP) is 2.49. The molecule has 3 aromatic rings. The number of aromatic nitrogens is 4. The number of oxazole rings is 1. The molecule has 0 aliphatic heterocycles. The van der Waals surface area contributed by atoms with Crippen LogP contribution in [0.3, 0.4) is 0 Å². The normalized spacial score (nSPS) is 11.6. The fourth-order valence-electron chi connectivity index (χ4n) is 3.02. The quantitative estimate of drug-likeness (QED) is 0.309. The third kappa shape index (κ3) is 6.31. The van der Waals surface area contributed by atoms with Gasteiger partial charge in [0.15, 0.2) is 11.8 Å². The van der Waals surface area contributed by atoms with Crippen LogP contribution >= 0.6 is 0 Å². The van der Waals surface area contributed by atoms with Crippen molar-refractivity contribution in [1.29, 1.82) is 0 Å². The van der Waals surface area contributed by atoms with Crippen LogP contribution in [0.1, 0.15) is 35.4 Å². The number of benzene rings is 1. The van der Waals surface area contributed by atoms with E-state index < -0.39 is 0 Å². The number of anilines is 1. The maximum absolute atomic E-state index is 5.67. The van der Waals surface area contributed by atoms with E-state index in [2.05, 4.69) is 67.0 Å². The van der Waals surface area contributed by atoms with Crippen molar-refractivity contribution >= 4 is 11.6 Å². The van der Waals surface area contributed by atoms with Crippen molar-refractivity contribution in [3.05, 3.63) is 59.3 Å². The Morgan fingerprint density at radius 2 is 1.90 bits per heavy atom. The van der Waals surface area contributed by atoms with E-state index in [9.17, 15) is 0 Å². The molecule has 31 heavy (non-hydrogen) atoms. The molecule has 0 fully saturated rings. The molecule has 0 atom stereocenters. The zero-order valence-electron chi connectivity index (χ0n) is 19.0. The molecule has 0 spiro atoms. The topological polar surface area (TPSA) is 96.4 Å². The lowest BCUT2D eigenvalue weighted by molar-refractivity contribution is 0.463. The van der Waals surface area contributed by atoms with Gasteiger partial charge < -0.3 is 24.5 Å². The molecule has 9 heteroatoms. The van der Waals surface area contributed by atoms with Crippen LogP contribution in [0.5, 0.6) is 0 Å². The van der Waals surface area contributed by atoms with E-state index in [1.807, 2.05) is 38.5 Å². The van der Waals surface area contributed by atoms with E-state index in [1.54, 1.807) is 0 Å². The molecule has 2 heterocycles. The summed E-state index contributed by atoms with van der Waals surface area (Å²) in [4.78, 5) is 11.3. The Balaban J connectivity index is 1.56. The van der Waals surface area contributed by atoms with E-state index in [0.717, 1.165) is 42.6 Å². The zero-order valence-corrected chi connectivity index (χ0v) is 19.0. The second-order valence-electron chi connectivity index (χ2n) is 7.53. The summed E-state index contributed by atoms with van der Waals surface area (Å²) in [5.74, 6) is 3.84. The lowest BCUT2D eigenvalue weighted by Gasteiger charge is -2.19. The Morgan fingerprint density at radius 1 is 1.13 bits per heavy atom. The maximum Gasteiger partial charge on any atom is 0.214 e. The van der Waals surface area contributed by atoms with Crippen molar-refractivity contribution in [2.45, 2.75) is 40.3 Å². The first-order valence-electron chi connectivity index (χ1n) is 10.5. The number of rotatable bonds is 9. The van der Waals surface area contributed by atoms with E-state index in [0.29, 0.717) is 24.9 Å². The summed E-state index contributed by atoms with van der Waals surface area (Å²) in [5.41, 5.74) is 2.11. The number of nitrogens with zero attached hydrogens (tertiary/aromatic N) is 6. The average Bonchev–Trinajstić information content (AvgIpc) is 3.27. The molecular formula is C22H32N8O. The first-order chi connectivity index (χ1) is 14.9. The summed E-state index contributed by atoms with van der Waals surface area (Å²) >= 11 is 0. The Labute approximate surface area is 183 Å². The third-order valence-electron chi connectivity index (χ3n) is 5.20. The minimum absolute atomic E-state index is 0.431. The van der Waals surface area contributed by atoms with Gasteiger partial charge in [0.25, 0.3) is 0 Å². The van der Waals surface area contributed by atoms with Gasteiger partial charge in [0.2, 0.25) is 5.89 Å². The van der Waals surface area contributed by atoms with Gasteiger partial charge in [0.05, 0.1) is 12.2 Å². The molecule has 0 radical (unpaired) electrons. The van der Waals surface area contributed by atoms with E-state index in [1.165, 1.54) is 5.69 Å². The monoisotopic (exact) mass is 424 g/mol. The average molecular weight is 425 g/mol. The fraction of sp³-hybridized carbons (Fsp3) is 0.455. The van der Waals surface area contributed by atoms with E-state index in [4.69, 9.17) is 4.42 Å². The molecular weight excluding hydrogens is 392 g/mol. The summed E-state index contributed by atoms with van der Waals surface area (Å²) in [5, 5.41) is 15.0. The molecule has 0 unspecified atom stereocenters. The van der Waals surface area contributed by atoms with Crippen molar-refractivity contribution in [1.82, 2.24) is 30.4 Å². The summed E-state index contributed by atoms with van der Waals surface area (Å²) in [6, 6.07) is 10.4. The lowest BCUT2D eigenvalue weighted by atomic mass is 10.3. The summed E-state index contributed by atoms with van der Waals surface area (Å²) < 4.78 is 7.61. The van der Waals surface area contributed by atoms with Gasteiger partial charge >= 0.3 is 0 Å². The predicted molar refractivity (Wildman–Crippen MR) is 122 cm³/mol. The van der Waals surface area contributed by atoms with Crippen LogP contribution in [-0.4, -0.2) is 45.8 Å². The number of guanidine groups is 1. The number of nitrogens with one attached hydrogen (secondary N) is 2. The molecule has 0 saturated carbocycles. The van der Waals surface area contributed by atoms with Gasteiger partial charge in [-0.1, -0.05) is 18.2 Å². The van der Waals surface area contributed by atoms with Crippen molar-refractivity contribution < 1.29 is 4.42 Å². The maximum atomic E-state index is 5.67. The number of aryl methyl sites for hydroxylation is 3. The van der Waals surface area contributed by atoms with E-state index in [-0.39, 0.29) is 0 Å². The molecule has 9 nitrogen and oxygen atoms in total. The van der Waals surface area contributed by atoms with Crippen LogP contribution in [0.25, 0.3) is 0 Å². The number of para-hydroxylation sites is 1. The van der Waals surface area contributed by atoms with Crippen LogP contribution in [0.4, 0.5) is 5.69 Å². The molecule has 0 bridgehead atoms. The van der Waals surface area contributed by atoms with E-state index >= 15 is 0 Å². The third-order valence-corrected chi connectivity index (χ3v) is 5.20. The second kappa shape index (κ2) is 10.6. The summed E-state index contributed by atoms with van der Waals surface area (Å²) in [7, 11) is 4.05. The Bertz CT molecular complexity index is 973. The molecule has 0 saturated heterocycles. The van der Waals surface area contributed by atoms with Crippen LogP contribution in [0.15, 0.2) is 39.7 Å². The Morgan fingerprint density at radius 3 is 2.55 bits per heavy atom. The highest BCUT2D eigenvalue weighted by atomic mass is 16.4. The van der Waals surface area contributed by atoms with Gasteiger partial charge in [-0.05, 0) is 39.3 Å². The Hall–Kier alpha value is -3.36. The molecule has 166 valence electrons. The summed E-state index contributed by atoms with van der Waals surface area (Å²) in [6.45, 7) is 8.39.